The van der Waals surface area contributed by atoms with Gasteiger partial charge in [-0.1, -0.05) is 33.1 Å². The van der Waals surface area contributed by atoms with E-state index in [2.05, 4.69) is 24.1 Å². The lowest BCUT2D eigenvalue weighted by Crippen LogP contribution is -2.48. The summed E-state index contributed by atoms with van der Waals surface area (Å²) >= 11 is 0. The van der Waals surface area contributed by atoms with Gasteiger partial charge in [-0.3, -0.25) is 4.90 Å². The lowest BCUT2D eigenvalue weighted by atomic mass is 9.84. The number of morpholine rings is 1. The van der Waals surface area contributed by atoms with Gasteiger partial charge in [-0.05, 0) is 25.3 Å². The van der Waals surface area contributed by atoms with E-state index < -0.39 is 0 Å². The second kappa shape index (κ2) is 7.46. The maximum atomic E-state index is 5.85. The number of ether oxygens (including phenoxy) is 1. The van der Waals surface area contributed by atoms with Crippen LogP contribution in [0.25, 0.3) is 0 Å². The Morgan fingerprint density at radius 2 is 2.17 bits per heavy atom. The third kappa shape index (κ3) is 4.22. The van der Waals surface area contributed by atoms with Gasteiger partial charge in [0.05, 0.1) is 12.7 Å². The van der Waals surface area contributed by atoms with E-state index in [4.69, 9.17) is 4.74 Å². The van der Waals surface area contributed by atoms with E-state index in [9.17, 15) is 0 Å². The zero-order valence-electron chi connectivity index (χ0n) is 12.2. The molecule has 2 rings (SSSR count). The van der Waals surface area contributed by atoms with Crippen molar-refractivity contribution in [2.45, 2.75) is 58.1 Å². The van der Waals surface area contributed by atoms with Crippen molar-refractivity contribution in [2.75, 3.05) is 32.8 Å². The first-order chi connectivity index (χ1) is 8.81. The molecule has 2 aliphatic rings. The fourth-order valence-corrected chi connectivity index (χ4v) is 3.34. The van der Waals surface area contributed by atoms with E-state index in [1.807, 2.05) is 0 Å². The van der Waals surface area contributed by atoms with Crippen LogP contribution in [-0.2, 0) is 4.74 Å². The summed E-state index contributed by atoms with van der Waals surface area (Å²) < 4.78 is 5.85. The standard InChI is InChI=1S/C15H30N2O/c1-3-13-6-5-7-14(10-13)16-11-15-12-17(4-2)8-9-18-15/h13-16H,3-12H2,1-2H3. The maximum absolute atomic E-state index is 5.85. The molecule has 3 atom stereocenters. The topological polar surface area (TPSA) is 24.5 Å². The Morgan fingerprint density at radius 3 is 2.94 bits per heavy atom. The molecule has 1 saturated heterocycles. The van der Waals surface area contributed by atoms with Crippen LogP contribution in [0.3, 0.4) is 0 Å². The largest absolute Gasteiger partial charge is 0.374 e. The Bertz CT molecular complexity index is 211. The Balaban J connectivity index is 1.67. The molecule has 0 aromatic heterocycles. The first-order valence-electron chi connectivity index (χ1n) is 7.89. The molecule has 18 heavy (non-hydrogen) atoms. The van der Waals surface area contributed by atoms with Crippen LogP contribution in [0.2, 0.25) is 0 Å². The van der Waals surface area contributed by atoms with Crippen molar-refractivity contribution < 1.29 is 4.74 Å². The minimum absolute atomic E-state index is 0.403. The first-order valence-corrected chi connectivity index (χ1v) is 7.89. The van der Waals surface area contributed by atoms with Crippen LogP contribution < -0.4 is 5.32 Å². The normalized spacial score (nSPS) is 34.7. The summed E-state index contributed by atoms with van der Waals surface area (Å²) in [7, 11) is 0. The molecule has 0 radical (unpaired) electrons. The van der Waals surface area contributed by atoms with E-state index in [0.717, 1.165) is 44.7 Å². The second-order valence-electron chi connectivity index (χ2n) is 5.93. The molecule has 1 aliphatic heterocycles. The average molecular weight is 254 g/mol. The van der Waals surface area contributed by atoms with E-state index in [0.29, 0.717) is 6.10 Å². The summed E-state index contributed by atoms with van der Waals surface area (Å²) in [5.41, 5.74) is 0. The number of hydrogen-bond donors (Lipinski definition) is 1. The number of nitrogens with zero attached hydrogens (tertiary/aromatic N) is 1. The second-order valence-corrected chi connectivity index (χ2v) is 5.93. The fourth-order valence-electron chi connectivity index (χ4n) is 3.34. The molecule has 3 heteroatoms. The minimum Gasteiger partial charge on any atom is -0.374 e. The summed E-state index contributed by atoms with van der Waals surface area (Å²) in [6.45, 7) is 9.88. The summed E-state index contributed by atoms with van der Waals surface area (Å²) in [6, 6.07) is 0.740. The van der Waals surface area contributed by atoms with Gasteiger partial charge < -0.3 is 10.1 Å². The molecule has 0 bridgehead atoms. The molecular formula is C15H30N2O. The molecule has 106 valence electrons. The summed E-state index contributed by atoms with van der Waals surface area (Å²) in [5.74, 6) is 0.954. The molecule has 1 N–H and O–H groups in total. The monoisotopic (exact) mass is 254 g/mol. The highest BCUT2D eigenvalue weighted by atomic mass is 16.5. The Kier molecular flexibility index (Phi) is 5.93. The third-order valence-electron chi connectivity index (χ3n) is 4.66. The van der Waals surface area contributed by atoms with Crippen LogP contribution in [0.15, 0.2) is 0 Å². The van der Waals surface area contributed by atoms with Crippen LogP contribution in [0.5, 0.6) is 0 Å². The molecular weight excluding hydrogens is 224 g/mol. The number of likely N-dealkylation sites (N-methyl/N-ethyl adjacent to an activating group) is 1. The van der Waals surface area contributed by atoms with E-state index in [1.165, 1.54) is 32.1 Å². The van der Waals surface area contributed by atoms with Crippen molar-refractivity contribution in [3.63, 3.8) is 0 Å². The Labute approximate surface area is 112 Å². The number of rotatable bonds is 5. The number of hydrogen-bond acceptors (Lipinski definition) is 3. The van der Waals surface area contributed by atoms with Gasteiger partial charge in [-0.25, -0.2) is 0 Å². The van der Waals surface area contributed by atoms with Gasteiger partial charge in [0.15, 0.2) is 0 Å². The molecule has 1 saturated carbocycles. The van der Waals surface area contributed by atoms with Crippen molar-refractivity contribution in [3.8, 4) is 0 Å². The van der Waals surface area contributed by atoms with Crippen molar-refractivity contribution >= 4 is 0 Å². The lowest BCUT2D eigenvalue weighted by molar-refractivity contribution is -0.0270. The van der Waals surface area contributed by atoms with E-state index in [-0.39, 0.29) is 0 Å². The highest BCUT2D eigenvalue weighted by Crippen LogP contribution is 2.26. The third-order valence-corrected chi connectivity index (χ3v) is 4.66. The predicted octanol–water partition coefficient (Wildman–Crippen LogP) is 2.27. The molecule has 0 aromatic carbocycles. The molecule has 0 aromatic rings. The summed E-state index contributed by atoms with van der Waals surface area (Å²) in [5, 5.41) is 3.75. The quantitative estimate of drug-likeness (QED) is 0.814. The van der Waals surface area contributed by atoms with Gasteiger partial charge in [0.2, 0.25) is 0 Å². The van der Waals surface area contributed by atoms with Crippen molar-refractivity contribution in [2.24, 2.45) is 5.92 Å². The average Bonchev–Trinajstić information content (AvgIpc) is 2.45. The van der Waals surface area contributed by atoms with Gasteiger partial charge in [0.1, 0.15) is 0 Å². The van der Waals surface area contributed by atoms with Crippen molar-refractivity contribution in [3.05, 3.63) is 0 Å². The minimum atomic E-state index is 0.403. The Morgan fingerprint density at radius 1 is 1.28 bits per heavy atom. The van der Waals surface area contributed by atoms with E-state index in [1.54, 1.807) is 0 Å². The molecule has 2 fully saturated rings. The van der Waals surface area contributed by atoms with Crippen LogP contribution >= 0.6 is 0 Å². The fraction of sp³-hybridized carbons (Fsp3) is 1.00. The highest BCUT2D eigenvalue weighted by molar-refractivity contribution is 4.80. The molecule has 0 amide bonds. The van der Waals surface area contributed by atoms with Crippen LogP contribution in [0, 0.1) is 5.92 Å². The Hall–Kier alpha value is -0.120. The summed E-state index contributed by atoms with van der Waals surface area (Å²) in [4.78, 5) is 2.49. The first kappa shape index (κ1) is 14.3. The SMILES string of the molecule is CCC1CCCC(NCC2CN(CC)CCO2)C1. The van der Waals surface area contributed by atoms with Crippen LogP contribution in [-0.4, -0.2) is 49.8 Å². The molecule has 3 nitrogen and oxygen atoms in total. The van der Waals surface area contributed by atoms with E-state index >= 15 is 0 Å². The zero-order chi connectivity index (χ0) is 12.8. The van der Waals surface area contributed by atoms with Crippen LogP contribution in [0.1, 0.15) is 46.0 Å². The van der Waals surface area contributed by atoms with Gasteiger partial charge in [0, 0.05) is 25.7 Å². The maximum Gasteiger partial charge on any atom is 0.0826 e. The van der Waals surface area contributed by atoms with Gasteiger partial charge >= 0.3 is 0 Å². The molecule has 3 unspecified atom stereocenters. The van der Waals surface area contributed by atoms with Gasteiger partial charge in [-0.15, -0.1) is 0 Å². The predicted molar refractivity (Wildman–Crippen MR) is 75.9 cm³/mol. The molecule has 1 aliphatic carbocycles. The molecule has 0 spiro atoms. The van der Waals surface area contributed by atoms with Crippen molar-refractivity contribution in [1.29, 1.82) is 0 Å². The highest BCUT2D eigenvalue weighted by Gasteiger charge is 2.23. The number of nitrogens with one attached hydrogen (secondary N) is 1. The summed E-state index contributed by atoms with van der Waals surface area (Å²) in [6.07, 6.45) is 7.34. The van der Waals surface area contributed by atoms with Gasteiger partial charge in [-0.2, -0.15) is 0 Å². The smallest absolute Gasteiger partial charge is 0.0826 e. The lowest BCUT2D eigenvalue weighted by Gasteiger charge is -2.34. The van der Waals surface area contributed by atoms with Gasteiger partial charge in [0.25, 0.3) is 0 Å². The van der Waals surface area contributed by atoms with Crippen molar-refractivity contribution in [1.82, 2.24) is 10.2 Å². The van der Waals surface area contributed by atoms with Crippen LogP contribution in [0.4, 0.5) is 0 Å². The zero-order valence-corrected chi connectivity index (χ0v) is 12.2. The molecule has 1 heterocycles.